The van der Waals surface area contributed by atoms with E-state index in [1.165, 1.54) is 6.07 Å². The molecule has 2 aliphatic rings. The molecule has 2 aromatic rings. The maximum atomic E-state index is 12.6. The van der Waals surface area contributed by atoms with Gasteiger partial charge in [-0.25, -0.2) is 9.97 Å². The molecule has 1 amide bonds. The first-order valence-electron chi connectivity index (χ1n) is 8.99. The summed E-state index contributed by atoms with van der Waals surface area (Å²) in [4.78, 5) is 42.1. The van der Waals surface area contributed by atoms with Gasteiger partial charge in [-0.15, -0.1) is 0 Å². The molecule has 2 fully saturated rings. The Bertz CT molecular complexity index is 832. The van der Waals surface area contributed by atoms with Crippen LogP contribution in [0.1, 0.15) is 37.3 Å². The Kier molecular flexibility index (Phi) is 4.75. The molecule has 0 spiro atoms. The van der Waals surface area contributed by atoms with Crippen molar-refractivity contribution in [3.63, 3.8) is 0 Å². The van der Waals surface area contributed by atoms with Gasteiger partial charge in [0, 0.05) is 44.1 Å². The summed E-state index contributed by atoms with van der Waals surface area (Å²) in [6.07, 6.45) is 7.90. The number of aromatic nitrogens is 4. The molecule has 2 aliphatic heterocycles. The lowest BCUT2D eigenvalue weighted by Crippen LogP contribution is -2.44. The molecule has 0 saturated carbocycles. The predicted molar refractivity (Wildman–Crippen MR) is 93.4 cm³/mol. The highest BCUT2D eigenvalue weighted by Gasteiger charge is 2.32. The number of rotatable bonds is 3. The molecule has 0 radical (unpaired) electrons. The van der Waals surface area contributed by atoms with Gasteiger partial charge in [0.1, 0.15) is 11.8 Å². The highest BCUT2D eigenvalue weighted by atomic mass is 16.5. The fraction of sp³-hybridized carbons (Fsp3) is 0.500. The van der Waals surface area contributed by atoms with Gasteiger partial charge < -0.3 is 14.6 Å². The van der Waals surface area contributed by atoms with Crippen LogP contribution >= 0.6 is 0 Å². The number of likely N-dealkylation sites (tertiary alicyclic amines) is 1. The zero-order valence-electron chi connectivity index (χ0n) is 14.4. The van der Waals surface area contributed by atoms with Gasteiger partial charge in [0.15, 0.2) is 5.82 Å². The van der Waals surface area contributed by atoms with Gasteiger partial charge in [-0.1, -0.05) is 0 Å². The number of carbonyl (C=O) groups excluding carboxylic acids is 1. The number of ether oxygens (including phenoxy) is 1. The second kappa shape index (κ2) is 7.33. The maximum Gasteiger partial charge on any atom is 0.251 e. The van der Waals surface area contributed by atoms with E-state index in [1.807, 2.05) is 4.90 Å². The summed E-state index contributed by atoms with van der Waals surface area (Å²) in [5.41, 5.74) is 0.993. The van der Waals surface area contributed by atoms with Gasteiger partial charge in [-0.05, 0) is 25.7 Å². The minimum Gasteiger partial charge on any atom is -0.368 e. The summed E-state index contributed by atoms with van der Waals surface area (Å²) in [7, 11) is 0. The van der Waals surface area contributed by atoms with Gasteiger partial charge in [-0.2, -0.15) is 0 Å². The third-order valence-corrected chi connectivity index (χ3v) is 4.92. The van der Waals surface area contributed by atoms with Crippen LogP contribution in [-0.4, -0.2) is 56.5 Å². The Labute approximate surface area is 150 Å². The summed E-state index contributed by atoms with van der Waals surface area (Å²) in [5, 5.41) is 0. The highest BCUT2D eigenvalue weighted by molar-refractivity contribution is 5.81. The summed E-state index contributed by atoms with van der Waals surface area (Å²) >= 11 is 0. The van der Waals surface area contributed by atoms with E-state index in [4.69, 9.17) is 4.74 Å². The molecular formula is C18H21N5O3. The van der Waals surface area contributed by atoms with Gasteiger partial charge >= 0.3 is 0 Å². The Hall–Kier alpha value is -2.61. The molecule has 0 aromatic carbocycles. The Morgan fingerprint density at radius 1 is 1.27 bits per heavy atom. The average Bonchev–Trinajstić information content (AvgIpc) is 3.22. The van der Waals surface area contributed by atoms with Crippen molar-refractivity contribution in [2.24, 2.45) is 0 Å². The largest absolute Gasteiger partial charge is 0.368 e. The average molecular weight is 355 g/mol. The van der Waals surface area contributed by atoms with Crippen molar-refractivity contribution < 1.29 is 9.53 Å². The molecule has 136 valence electrons. The van der Waals surface area contributed by atoms with E-state index < -0.39 is 0 Å². The van der Waals surface area contributed by atoms with Crippen LogP contribution in [0.25, 0.3) is 11.5 Å². The third kappa shape index (κ3) is 3.50. The van der Waals surface area contributed by atoms with Gasteiger partial charge in [0.05, 0.1) is 11.9 Å². The second-order valence-corrected chi connectivity index (χ2v) is 6.73. The van der Waals surface area contributed by atoms with E-state index in [2.05, 4.69) is 19.9 Å². The van der Waals surface area contributed by atoms with Crippen LogP contribution in [0.4, 0.5) is 0 Å². The lowest BCUT2D eigenvalue weighted by molar-refractivity contribution is -0.142. The summed E-state index contributed by atoms with van der Waals surface area (Å²) in [6, 6.07) is 1.52. The zero-order valence-corrected chi connectivity index (χ0v) is 14.4. The van der Waals surface area contributed by atoms with Crippen molar-refractivity contribution >= 4 is 5.91 Å². The molecule has 8 nitrogen and oxygen atoms in total. The number of hydrogen-bond acceptors (Lipinski definition) is 6. The Morgan fingerprint density at radius 2 is 2.19 bits per heavy atom. The minimum atomic E-state index is -0.309. The van der Waals surface area contributed by atoms with E-state index in [1.54, 1.807) is 18.6 Å². The number of amides is 1. The Morgan fingerprint density at radius 3 is 2.96 bits per heavy atom. The molecule has 8 heteroatoms. The molecular weight excluding hydrogens is 334 g/mol. The van der Waals surface area contributed by atoms with Crippen LogP contribution in [0.15, 0.2) is 29.5 Å². The molecule has 4 heterocycles. The fourth-order valence-corrected chi connectivity index (χ4v) is 3.62. The number of hydrogen-bond donors (Lipinski definition) is 1. The molecule has 1 N–H and O–H groups in total. The van der Waals surface area contributed by atoms with Crippen LogP contribution in [0.3, 0.4) is 0 Å². The smallest absolute Gasteiger partial charge is 0.251 e. The number of nitrogens with one attached hydrogen (secondary N) is 1. The molecule has 0 bridgehead atoms. The second-order valence-electron chi connectivity index (χ2n) is 6.73. The summed E-state index contributed by atoms with van der Waals surface area (Å²) in [5.74, 6) is 0.501. The summed E-state index contributed by atoms with van der Waals surface area (Å²) < 4.78 is 5.53. The Balaban J connectivity index is 1.56. The first-order valence-corrected chi connectivity index (χ1v) is 8.99. The van der Waals surface area contributed by atoms with Crippen molar-refractivity contribution in [2.75, 3.05) is 19.7 Å². The standard InChI is InChI=1S/C18H21N5O3/c24-16-9-13(21-17(22-16)14-10-19-5-6-20-14)12-3-1-7-23(11-12)18(25)15-4-2-8-26-15/h5-6,9-10,12,15H,1-4,7-8,11H2,(H,21,22,24)/t12-,15-/m0/s1. The van der Waals surface area contributed by atoms with Crippen molar-refractivity contribution in [1.82, 2.24) is 24.8 Å². The first-order chi connectivity index (χ1) is 12.7. The van der Waals surface area contributed by atoms with Crippen molar-refractivity contribution in [3.8, 4) is 11.5 Å². The van der Waals surface area contributed by atoms with E-state index in [-0.39, 0.29) is 23.5 Å². The van der Waals surface area contributed by atoms with Crippen LogP contribution in [0, 0.1) is 0 Å². The number of nitrogens with zero attached hydrogens (tertiary/aromatic N) is 4. The fourth-order valence-electron chi connectivity index (χ4n) is 3.62. The van der Waals surface area contributed by atoms with Gasteiger partial charge in [0.25, 0.3) is 11.5 Å². The zero-order chi connectivity index (χ0) is 17.9. The molecule has 26 heavy (non-hydrogen) atoms. The number of aromatic amines is 1. The van der Waals surface area contributed by atoms with E-state index in [0.717, 1.165) is 32.2 Å². The predicted octanol–water partition coefficient (Wildman–Crippen LogP) is 1.11. The third-order valence-electron chi connectivity index (χ3n) is 4.92. The number of H-pyrrole nitrogens is 1. The van der Waals surface area contributed by atoms with E-state index in [9.17, 15) is 9.59 Å². The molecule has 2 saturated heterocycles. The normalized spacial score (nSPS) is 23.2. The van der Waals surface area contributed by atoms with Crippen molar-refractivity contribution in [1.29, 1.82) is 0 Å². The monoisotopic (exact) mass is 355 g/mol. The SMILES string of the molecule is O=C([C@@H]1CCCO1)N1CCC[C@H](c2cc(=O)[nH]c(-c3cnccn3)n2)C1. The van der Waals surface area contributed by atoms with Crippen LogP contribution in [0.5, 0.6) is 0 Å². The van der Waals surface area contributed by atoms with Crippen LogP contribution < -0.4 is 5.56 Å². The first kappa shape index (κ1) is 16.8. The minimum absolute atomic E-state index is 0.0341. The highest BCUT2D eigenvalue weighted by Crippen LogP contribution is 2.27. The lowest BCUT2D eigenvalue weighted by atomic mass is 9.94. The van der Waals surface area contributed by atoms with E-state index in [0.29, 0.717) is 30.4 Å². The molecule has 2 atom stereocenters. The quantitative estimate of drug-likeness (QED) is 0.885. The lowest BCUT2D eigenvalue weighted by Gasteiger charge is -2.33. The topological polar surface area (TPSA) is 101 Å². The molecule has 2 aromatic heterocycles. The number of carbonyl (C=O) groups is 1. The number of piperidine rings is 1. The molecule has 0 aliphatic carbocycles. The van der Waals surface area contributed by atoms with E-state index >= 15 is 0 Å². The molecule has 0 unspecified atom stereocenters. The van der Waals surface area contributed by atoms with Crippen LogP contribution in [0.2, 0.25) is 0 Å². The summed E-state index contributed by atoms with van der Waals surface area (Å²) in [6.45, 7) is 1.95. The van der Waals surface area contributed by atoms with Crippen molar-refractivity contribution in [2.45, 2.75) is 37.7 Å². The van der Waals surface area contributed by atoms with Crippen molar-refractivity contribution in [3.05, 3.63) is 40.7 Å². The molecule has 4 rings (SSSR count). The van der Waals surface area contributed by atoms with Gasteiger partial charge in [0.2, 0.25) is 0 Å². The van der Waals surface area contributed by atoms with Gasteiger partial charge in [-0.3, -0.25) is 14.6 Å². The van der Waals surface area contributed by atoms with Crippen LogP contribution in [-0.2, 0) is 9.53 Å². The maximum absolute atomic E-state index is 12.6.